The highest BCUT2D eigenvalue weighted by Crippen LogP contribution is 2.83. The number of ether oxygens (including phenoxy) is 4. The summed E-state index contributed by atoms with van der Waals surface area (Å²) in [6.07, 6.45) is 7.40. The zero-order valence-electron chi connectivity index (χ0n) is 25.6. The Morgan fingerprint density at radius 2 is 1.95 bits per heavy atom. The molecule has 6 heteroatoms. The molecule has 0 unspecified atom stereocenters. The minimum absolute atomic E-state index is 0.0178. The first-order valence-electron chi connectivity index (χ1n) is 16.1. The third-order valence-electron chi connectivity index (χ3n) is 12.5. The number of aldehydes is 1. The van der Waals surface area contributed by atoms with E-state index in [0.29, 0.717) is 37.9 Å². The average Bonchev–Trinajstić information content (AvgIpc) is 3.68. The maximum atomic E-state index is 14.9. The van der Waals surface area contributed by atoms with Crippen LogP contribution < -0.4 is 0 Å². The van der Waals surface area contributed by atoms with Crippen molar-refractivity contribution < 1.29 is 28.5 Å². The summed E-state index contributed by atoms with van der Waals surface area (Å²) < 4.78 is 25.5. The van der Waals surface area contributed by atoms with Gasteiger partial charge in [-0.2, -0.15) is 0 Å². The van der Waals surface area contributed by atoms with Gasteiger partial charge in [0.05, 0.1) is 30.8 Å². The molecule has 6 aliphatic rings. The van der Waals surface area contributed by atoms with Gasteiger partial charge in [-0.15, -0.1) is 0 Å². The minimum atomic E-state index is -1.04. The third kappa shape index (κ3) is 3.67. The first-order chi connectivity index (χ1) is 20.2. The van der Waals surface area contributed by atoms with Crippen LogP contribution in [0.4, 0.5) is 0 Å². The highest BCUT2D eigenvalue weighted by atomic mass is 16.7. The van der Waals surface area contributed by atoms with Crippen molar-refractivity contribution in [1.29, 1.82) is 0 Å². The number of allylic oxidation sites excluding steroid dienone is 1. The molecule has 6 nitrogen and oxygen atoms in total. The third-order valence-corrected chi connectivity index (χ3v) is 12.5. The molecule has 226 valence electrons. The Morgan fingerprint density at radius 1 is 1.17 bits per heavy atom. The van der Waals surface area contributed by atoms with Crippen LogP contribution in [0, 0.1) is 51.8 Å². The van der Waals surface area contributed by atoms with Crippen molar-refractivity contribution in [3.8, 4) is 0 Å². The second kappa shape index (κ2) is 10.1. The van der Waals surface area contributed by atoms with Crippen LogP contribution >= 0.6 is 0 Å². The van der Waals surface area contributed by atoms with E-state index in [2.05, 4.69) is 33.4 Å². The second-order valence-corrected chi connectivity index (χ2v) is 14.6. The van der Waals surface area contributed by atoms with Gasteiger partial charge in [0.1, 0.15) is 18.3 Å². The summed E-state index contributed by atoms with van der Waals surface area (Å²) in [6, 6.07) is 9.85. The molecule has 0 N–H and O–H groups in total. The molecule has 5 fully saturated rings. The smallest absolute Gasteiger partial charge is 0.318 e. The molecule has 1 aromatic rings. The molecule has 2 saturated heterocycles. The van der Waals surface area contributed by atoms with Gasteiger partial charge in [0, 0.05) is 17.8 Å². The summed E-state index contributed by atoms with van der Waals surface area (Å²) in [4.78, 5) is 28.6. The molecule has 7 rings (SSSR count). The number of rotatable bonds is 8. The molecule has 0 amide bonds. The Hall–Kier alpha value is -2.28. The van der Waals surface area contributed by atoms with Gasteiger partial charge in [-0.05, 0) is 66.9 Å². The SMILES string of the molecule is C=C1CO[C@H]2[C@@H]1C[C@H](OC[C@@]13C[C@@H]4[C@H](C)CC[C@H]4[C@@]4(C=O)C[C@@H]1C=C(C(C)C)[C@@]34C(=O)OCc1ccccc1)O[C@@H]2C. The van der Waals surface area contributed by atoms with Gasteiger partial charge < -0.3 is 23.7 Å². The Morgan fingerprint density at radius 3 is 2.69 bits per heavy atom. The lowest BCUT2D eigenvalue weighted by Gasteiger charge is -2.59. The van der Waals surface area contributed by atoms with Crippen molar-refractivity contribution in [1.82, 2.24) is 0 Å². The molecule has 11 atom stereocenters. The van der Waals surface area contributed by atoms with Crippen LogP contribution in [0.1, 0.15) is 65.4 Å². The zero-order chi connectivity index (χ0) is 29.4. The van der Waals surface area contributed by atoms with Gasteiger partial charge in [-0.25, -0.2) is 0 Å². The van der Waals surface area contributed by atoms with E-state index in [0.717, 1.165) is 36.0 Å². The highest BCUT2D eigenvalue weighted by Gasteiger charge is 2.84. The lowest BCUT2D eigenvalue weighted by Crippen LogP contribution is -2.64. The standard InChI is InChI=1S/C36H46O6/c1-21(2)30-13-26-15-34(19-37)29-12-11-22(3)28(29)16-35(26,36(30,34)33(38)40-18-25-9-7-6-8-10-25)20-41-31-14-27-23(4)17-39-32(27)24(5)42-31/h6-10,13,19,21-22,24,26-29,31-32H,4,11-12,14-18,20H2,1-3,5H3/t22-,24-,26+,27-,28-,29-,31-,32-,34+,35+,36+/m1/s1. The van der Waals surface area contributed by atoms with E-state index < -0.39 is 22.5 Å². The van der Waals surface area contributed by atoms with E-state index in [1.165, 1.54) is 6.29 Å². The van der Waals surface area contributed by atoms with E-state index in [1.807, 2.05) is 37.3 Å². The van der Waals surface area contributed by atoms with Crippen LogP contribution in [0.2, 0.25) is 0 Å². The van der Waals surface area contributed by atoms with Gasteiger partial charge in [-0.1, -0.05) is 75.8 Å². The van der Waals surface area contributed by atoms with Crippen molar-refractivity contribution in [2.75, 3.05) is 13.2 Å². The summed E-state index contributed by atoms with van der Waals surface area (Å²) in [6.45, 7) is 14.1. The molecule has 42 heavy (non-hydrogen) atoms. The van der Waals surface area contributed by atoms with Crippen molar-refractivity contribution in [3.63, 3.8) is 0 Å². The van der Waals surface area contributed by atoms with Gasteiger partial charge in [0.25, 0.3) is 0 Å². The number of carbonyl (C=O) groups is 2. The van der Waals surface area contributed by atoms with Crippen molar-refractivity contribution in [3.05, 3.63) is 59.7 Å². The summed E-state index contributed by atoms with van der Waals surface area (Å²) in [5.74, 6) is 1.25. The van der Waals surface area contributed by atoms with Gasteiger partial charge in [0.15, 0.2) is 6.29 Å². The molecular formula is C36H46O6. The molecule has 4 bridgehead atoms. The van der Waals surface area contributed by atoms with Crippen LogP contribution in [-0.2, 0) is 35.1 Å². The minimum Gasteiger partial charge on any atom is -0.460 e. The monoisotopic (exact) mass is 574 g/mol. The van der Waals surface area contributed by atoms with Gasteiger partial charge in [0.2, 0.25) is 0 Å². The molecular weight excluding hydrogens is 528 g/mol. The summed E-state index contributed by atoms with van der Waals surface area (Å²) in [5, 5.41) is 0. The molecule has 2 heterocycles. The molecule has 1 aromatic carbocycles. The Balaban J connectivity index is 1.29. The molecule has 0 spiro atoms. The molecule has 3 saturated carbocycles. The molecule has 0 aromatic heterocycles. The molecule has 4 aliphatic carbocycles. The number of fused-ring (bicyclic) bond motifs is 3. The van der Waals surface area contributed by atoms with E-state index >= 15 is 0 Å². The first-order valence-corrected chi connectivity index (χ1v) is 16.1. The van der Waals surface area contributed by atoms with Gasteiger partial charge >= 0.3 is 5.97 Å². The predicted molar refractivity (Wildman–Crippen MR) is 158 cm³/mol. The summed E-state index contributed by atoms with van der Waals surface area (Å²) in [7, 11) is 0. The quantitative estimate of drug-likeness (QED) is 0.206. The number of carbonyl (C=O) groups excluding carboxylic acids is 2. The Kier molecular flexibility index (Phi) is 6.88. The topological polar surface area (TPSA) is 71.1 Å². The van der Waals surface area contributed by atoms with E-state index in [1.54, 1.807) is 0 Å². The first kappa shape index (κ1) is 28.5. The number of hydrogen-bond acceptors (Lipinski definition) is 6. The lowest BCUT2D eigenvalue weighted by molar-refractivity contribution is -0.249. The number of hydrogen-bond donors (Lipinski definition) is 0. The Labute approximate surface area is 250 Å². The fourth-order valence-corrected chi connectivity index (χ4v) is 10.8. The second-order valence-electron chi connectivity index (χ2n) is 14.6. The molecule has 2 aliphatic heterocycles. The summed E-state index contributed by atoms with van der Waals surface area (Å²) in [5.41, 5.74) is 0.771. The lowest BCUT2D eigenvalue weighted by atomic mass is 9.43. The molecule has 0 radical (unpaired) electrons. The Bertz CT molecular complexity index is 1290. The predicted octanol–water partition coefficient (Wildman–Crippen LogP) is 6.29. The zero-order valence-corrected chi connectivity index (χ0v) is 25.6. The number of benzene rings is 1. The maximum Gasteiger partial charge on any atom is 0.318 e. The van der Waals surface area contributed by atoms with Crippen LogP contribution in [-0.4, -0.2) is 44.0 Å². The van der Waals surface area contributed by atoms with E-state index in [4.69, 9.17) is 18.9 Å². The number of esters is 1. The van der Waals surface area contributed by atoms with Crippen LogP contribution in [0.5, 0.6) is 0 Å². The van der Waals surface area contributed by atoms with E-state index in [-0.39, 0.29) is 48.5 Å². The van der Waals surface area contributed by atoms with Gasteiger partial charge in [-0.3, -0.25) is 4.79 Å². The highest BCUT2D eigenvalue weighted by molar-refractivity contribution is 5.91. The fraction of sp³-hybridized carbons (Fsp3) is 0.667. The van der Waals surface area contributed by atoms with Crippen molar-refractivity contribution >= 4 is 12.3 Å². The van der Waals surface area contributed by atoms with Crippen molar-refractivity contribution in [2.24, 2.45) is 51.8 Å². The maximum absolute atomic E-state index is 14.9. The van der Waals surface area contributed by atoms with Crippen LogP contribution in [0.25, 0.3) is 0 Å². The fourth-order valence-electron chi connectivity index (χ4n) is 10.8. The largest absolute Gasteiger partial charge is 0.460 e. The van der Waals surface area contributed by atoms with E-state index in [9.17, 15) is 9.59 Å². The van der Waals surface area contributed by atoms with Crippen molar-refractivity contribution in [2.45, 2.75) is 84.9 Å². The van der Waals surface area contributed by atoms with Crippen LogP contribution in [0.3, 0.4) is 0 Å². The summed E-state index contributed by atoms with van der Waals surface area (Å²) >= 11 is 0. The average molecular weight is 575 g/mol. The van der Waals surface area contributed by atoms with Crippen LogP contribution in [0.15, 0.2) is 54.1 Å². The normalized spacial score (nSPS) is 45.1.